The summed E-state index contributed by atoms with van der Waals surface area (Å²) >= 11 is 0. The molecule has 0 radical (unpaired) electrons. The minimum absolute atomic E-state index is 0.00749. The number of piperidine rings is 1. The van der Waals surface area contributed by atoms with Crippen molar-refractivity contribution in [2.45, 2.75) is 57.2 Å². The molecule has 1 heterocycles. The van der Waals surface area contributed by atoms with Crippen molar-refractivity contribution in [3.8, 4) is 5.75 Å². The maximum Gasteiger partial charge on any atom is 0.235 e. The molecule has 39 heavy (non-hydrogen) atoms. The van der Waals surface area contributed by atoms with Gasteiger partial charge in [-0.15, -0.1) is 0 Å². The number of anilines is 1. The van der Waals surface area contributed by atoms with Crippen LogP contribution in [-0.2, 0) is 25.6 Å². The van der Waals surface area contributed by atoms with Gasteiger partial charge in [-0.2, -0.15) is 0 Å². The van der Waals surface area contributed by atoms with Crippen LogP contribution in [0.4, 0.5) is 5.69 Å². The molecule has 6 N–H and O–H groups in total. The minimum atomic E-state index is -2.80. The molecule has 6 atom stereocenters. The van der Waals surface area contributed by atoms with Gasteiger partial charge < -0.3 is 26.6 Å². The maximum absolute atomic E-state index is 14.2. The number of amides is 1. The fourth-order valence-electron chi connectivity index (χ4n) is 8.01. The number of carbonyl (C=O) groups excluding carboxylic acids is 5. The van der Waals surface area contributed by atoms with E-state index < -0.39 is 63.3 Å². The number of hydrogen-bond acceptors (Lipinski definition) is 10. The summed E-state index contributed by atoms with van der Waals surface area (Å²) in [4.78, 5) is 69.0. The summed E-state index contributed by atoms with van der Waals surface area (Å²) in [5.41, 5.74) is 0.845. The van der Waals surface area contributed by atoms with Crippen LogP contribution in [0.2, 0.25) is 0 Å². The fourth-order valence-corrected chi connectivity index (χ4v) is 8.01. The molecule has 11 nitrogen and oxygen atoms in total. The predicted molar refractivity (Wildman–Crippen MR) is 140 cm³/mol. The summed E-state index contributed by atoms with van der Waals surface area (Å²) in [5, 5.41) is 29.8. The van der Waals surface area contributed by atoms with Gasteiger partial charge in [0.1, 0.15) is 5.75 Å². The Morgan fingerprint density at radius 2 is 1.74 bits per heavy atom. The van der Waals surface area contributed by atoms with Gasteiger partial charge in [0.2, 0.25) is 5.91 Å². The number of nitrogens with zero attached hydrogens (tertiary/aromatic N) is 1. The number of benzene rings is 1. The van der Waals surface area contributed by atoms with E-state index in [4.69, 9.17) is 5.73 Å². The van der Waals surface area contributed by atoms with Crippen molar-refractivity contribution in [3.63, 3.8) is 0 Å². The first kappa shape index (κ1) is 27.4. The largest absolute Gasteiger partial charge is 0.505 e. The van der Waals surface area contributed by atoms with Crippen LogP contribution < -0.4 is 16.4 Å². The van der Waals surface area contributed by atoms with Gasteiger partial charge in [-0.05, 0) is 69.9 Å². The monoisotopic (exact) mass is 540 g/mol. The molecule has 4 aliphatic rings. The average molecular weight is 541 g/mol. The lowest BCUT2D eigenvalue weighted by molar-refractivity contribution is -0.203. The minimum Gasteiger partial charge on any atom is -0.505 e. The van der Waals surface area contributed by atoms with E-state index in [2.05, 4.69) is 10.6 Å². The topological polar surface area (TPSA) is 179 Å². The van der Waals surface area contributed by atoms with Gasteiger partial charge >= 0.3 is 0 Å². The Kier molecular flexibility index (Phi) is 6.28. The number of rotatable bonds is 4. The van der Waals surface area contributed by atoms with Gasteiger partial charge in [0, 0.05) is 11.5 Å². The number of likely N-dealkylation sites (N-methyl/N-ethyl adjacent to an activating group) is 1. The van der Waals surface area contributed by atoms with Crippen LogP contribution in [0.1, 0.15) is 49.0 Å². The molecule has 1 saturated heterocycles. The number of primary amides is 1. The normalized spacial score (nSPS) is 36.8. The Hall–Kier alpha value is -3.15. The van der Waals surface area contributed by atoms with E-state index in [0.717, 1.165) is 25.9 Å². The Morgan fingerprint density at radius 3 is 2.33 bits per heavy atom. The number of phenols is 1. The average Bonchev–Trinajstić information content (AvgIpc) is 2.83. The number of nitrogens with one attached hydrogen (secondary N) is 2. The van der Waals surface area contributed by atoms with E-state index in [9.17, 15) is 34.2 Å². The molecule has 1 aromatic carbocycles. The molecular formula is C28H36N4O7. The number of Topliss-reactive ketones (excluding diaryl/α,β-unsaturated/α-hetero) is 4. The van der Waals surface area contributed by atoms with Crippen LogP contribution in [0.15, 0.2) is 12.1 Å². The van der Waals surface area contributed by atoms with Gasteiger partial charge in [-0.25, -0.2) is 0 Å². The van der Waals surface area contributed by atoms with E-state index >= 15 is 0 Å². The molecule has 2 saturated carbocycles. The van der Waals surface area contributed by atoms with Crippen molar-refractivity contribution in [1.29, 1.82) is 0 Å². The van der Waals surface area contributed by atoms with Crippen LogP contribution in [0.5, 0.6) is 5.75 Å². The van der Waals surface area contributed by atoms with Crippen molar-refractivity contribution in [1.82, 2.24) is 10.2 Å². The molecule has 3 fully saturated rings. The second-order valence-electron chi connectivity index (χ2n) is 12.4. The van der Waals surface area contributed by atoms with E-state index in [0.29, 0.717) is 11.3 Å². The molecule has 1 aliphatic heterocycles. The van der Waals surface area contributed by atoms with E-state index in [1.165, 1.54) is 11.8 Å². The summed E-state index contributed by atoms with van der Waals surface area (Å²) in [6, 6.07) is 2.41. The van der Waals surface area contributed by atoms with Gasteiger partial charge in [0.05, 0.1) is 23.2 Å². The number of fused-ring (bicyclic) bond motifs is 3. The fraction of sp³-hybridized carbons (Fsp3) is 0.607. The highest BCUT2D eigenvalue weighted by atomic mass is 16.3. The zero-order chi connectivity index (χ0) is 28.7. The molecule has 1 aromatic rings. The predicted octanol–water partition coefficient (Wildman–Crippen LogP) is -0.189. The zero-order valence-electron chi connectivity index (χ0n) is 22.7. The zero-order valence-corrected chi connectivity index (χ0v) is 22.7. The lowest BCUT2D eigenvalue weighted by Gasteiger charge is -2.61. The lowest BCUT2D eigenvalue weighted by atomic mass is 9.42. The van der Waals surface area contributed by atoms with E-state index in [-0.39, 0.29) is 30.2 Å². The third kappa shape index (κ3) is 3.63. The lowest BCUT2D eigenvalue weighted by Crippen LogP contribution is -2.79. The third-order valence-corrected chi connectivity index (χ3v) is 9.56. The first-order chi connectivity index (χ1) is 18.2. The highest BCUT2D eigenvalue weighted by Crippen LogP contribution is 2.61. The Bertz CT molecular complexity index is 1300. The molecule has 3 aliphatic carbocycles. The number of phenolic OH excluding ortho intramolecular Hbond substituents is 1. The quantitative estimate of drug-likeness (QED) is 0.254. The van der Waals surface area contributed by atoms with Crippen LogP contribution in [-0.4, -0.2) is 89.0 Å². The Labute approximate surface area is 226 Å². The molecule has 0 aromatic heterocycles. The molecule has 1 amide bonds. The number of ketones is 4. The van der Waals surface area contributed by atoms with Crippen LogP contribution in [0.25, 0.3) is 0 Å². The molecule has 2 unspecified atom stereocenters. The molecular weight excluding hydrogens is 504 g/mol. The number of carbonyl (C=O) groups is 5. The van der Waals surface area contributed by atoms with Crippen LogP contribution >= 0.6 is 0 Å². The van der Waals surface area contributed by atoms with E-state index in [1.54, 1.807) is 33.2 Å². The van der Waals surface area contributed by atoms with Crippen LogP contribution in [0, 0.1) is 22.7 Å². The smallest absolute Gasteiger partial charge is 0.235 e. The van der Waals surface area contributed by atoms with Gasteiger partial charge in [0.25, 0.3) is 0 Å². The second-order valence-corrected chi connectivity index (χ2v) is 12.4. The van der Waals surface area contributed by atoms with Crippen molar-refractivity contribution in [2.75, 3.05) is 32.5 Å². The van der Waals surface area contributed by atoms with Crippen molar-refractivity contribution in [3.05, 3.63) is 23.3 Å². The number of aromatic hydroxyl groups is 1. The summed E-state index contributed by atoms with van der Waals surface area (Å²) in [6.45, 7) is 4.88. The molecule has 0 spiro atoms. The van der Waals surface area contributed by atoms with Gasteiger partial charge in [-0.3, -0.25) is 28.9 Å². The SMILES string of the molecule is CN(C)[C@@H]1C(=O)C(C(N)=O)C(=O)[C@@]2(O)C(=O)C3C(=O)c4c(ccc(NC5CCNCC5)c4O)C[C@@]3(C)C[C@@]12C. The number of aliphatic hydroxyl groups is 1. The summed E-state index contributed by atoms with van der Waals surface area (Å²) in [6.07, 6.45) is 1.85. The molecule has 0 bridgehead atoms. The van der Waals surface area contributed by atoms with Crippen molar-refractivity contribution < 1.29 is 34.2 Å². The third-order valence-electron chi connectivity index (χ3n) is 9.56. The Balaban J connectivity index is 1.62. The molecule has 5 rings (SSSR count). The number of nitrogens with two attached hydrogens (primary N) is 1. The highest BCUT2D eigenvalue weighted by molar-refractivity contribution is 6.33. The molecule has 11 heteroatoms. The van der Waals surface area contributed by atoms with Crippen molar-refractivity contribution >= 4 is 34.7 Å². The Morgan fingerprint density at radius 1 is 1.10 bits per heavy atom. The van der Waals surface area contributed by atoms with E-state index in [1.807, 2.05) is 0 Å². The van der Waals surface area contributed by atoms with Gasteiger partial charge in [-0.1, -0.05) is 19.9 Å². The summed E-state index contributed by atoms with van der Waals surface area (Å²) in [5.74, 6) is -8.78. The molecule has 210 valence electrons. The summed E-state index contributed by atoms with van der Waals surface area (Å²) in [7, 11) is 3.13. The van der Waals surface area contributed by atoms with Crippen LogP contribution in [0.3, 0.4) is 0 Å². The first-order valence-corrected chi connectivity index (χ1v) is 13.4. The van der Waals surface area contributed by atoms with Crippen molar-refractivity contribution in [2.24, 2.45) is 28.4 Å². The summed E-state index contributed by atoms with van der Waals surface area (Å²) < 4.78 is 0. The first-order valence-electron chi connectivity index (χ1n) is 13.4. The van der Waals surface area contributed by atoms with Gasteiger partial charge in [0.15, 0.2) is 34.7 Å². The maximum atomic E-state index is 14.2. The second kappa shape index (κ2) is 8.94. The number of hydrogen-bond donors (Lipinski definition) is 5. The standard InChI is InChI=1S/C28H36N4O7/c1-26-11-13-5-6-15(31-14-7-9-30-10-8-14)19(33)16(13)20(34)18(26)24(37)28(39)23(36)17(25(29)38)21(35)22(32(3)4)27(28,2)12-26/h5-6,14,17-18,22,30-31,33,39H,7-12H2,1-4H3,(H2,29,38)/t17?,18?,22-,26+,27+,28-/m1/s1. The highest BCUT2D eigenvalue weighted by Gasteiger charge is 2.76.